The van der Waals surface area contributed by atoms with Crippen LogP contribution in [0.1, 0.15) is 72.1 Å². The van der Waals surface area contributed by atoms with Crippen molar-refractivity contribution in [3.05, 3.63) is 34.9 Å². The zero-order valence-electron chi connectivity index (χ0n) is 19.1. The lowest BCUT2D eigenvalue weighted by Gasteiger charge is -2.33. The van der Waals surface area contributed by atoms with E-state index in [2.05, 4.69) is 48.1 Å². The highest BCUT2D eigenvalue weighted by Gasteiger charge is 2.33. The quantitative estimate of drug-likeness (QED) is 0.284. The standard InChI is InChI=1S/C23H35NO3S/c1-14(2)12-16-18(27-21(28)24(10)11)13-17(22(4,5)6)20(26-15(3)25)19(16)23(7,8)9/h13H,1,12H2,2-11H3. The summed E-state index contributed by atoms with van der Waals surface area (Å²) in [4.78, 5) is 13.7. The molecule has 1 rings (SSSR count). The summed E-state index contributed by atoms with van der Waals surface area (Å²) in [7, 11) is 3.70. The van der Waals surface area contributed by atoms with Crippen LogP contribution in [0.3, 0.4) is 0 Å². The molecule has 0 spiro atoms. The molecule has 0 atom stereocenters. The first kappa shape index (κ1) is 24.2. The molecule has 0 N–H and O–H groups in total. The van der Waals surface area contributed by atoms with Crippen LogP contribution in [0.5, 0.6) is 11.5 Å². The highest BCUT2D eigenvalue weighted by molar-refractivity contribution is 7.80. The summed E-state index contributed by atoms with van der Waals surface area (Å²) in [6.07, 6.45) is 0.608. The monoisotopic (exact) mass is 405 g/mol. The molecule has 0 aliphatic carbocycles. The summed E-state index contributed by atoms with van der Waals surface area (Å²) in [5, 5.41) is 0.378. The number of rotatable bonds is 4. The molecular formula is C23H35NO3S. The molecule has 0 heterocycles. The largest absolute Gasteiger partial charge is 0.431 e. The number of ether oxygens (including phenoxy) is 2. The van der Waals surface area contributed by atoms with Crippen molar-refractivity contribution >= 4 is 23.4 Å². The first-order valence-corrected chi connectivity index (χ1v) is 9.89. The number of hydrogen-bond donors (Lipinski definition) is 0. The van der Waals surface area contributed by atoms with E-state index in [0.29, 0.717) is 23.1 Å². The molecule has 0 aliphatic rings. The van der Waals surface area contributed by atoms with Crippen LogP contribution in [0.15, 0.2) is 18.2 Å². The van der Waals surface area contributed by atoms with Gasteiger partial charge in [-0.15, -0.1) is 0 Å². The lowest BCUT2D eigenvalue weighted by molar-refractivity contribution is -0.132. The van der Waals surface area contributed by atoms with Crippen molar-refractivity contribution in [2.45, 2.75) is 72.6 Å². The third-order valence-corrected chi connectivity index (χ3v) is 4.64. The second kappa shape index (κ2) is 8.64. The first-order valence-electron chi connectivity index (χ1n) is 9.48. The van der Waals surface area contributed by atoms with E-state index in [-0.39, 0.29) is 16.8 Å². The van der Waals surface area contributed by atoms with Crippen molar-refractivity contribution < 1.29 is 14.3 Å². The van der Waals surface area contributed by atoms with Crippen molar-refractivity contribution in [3.63, 3.8) is 0 Å². The van der Waals surface area contributed by atoms with E-state index in [0.717, 1.165) is 22.3 Å². The van der Waals surface area contributed by atoms with Crippen LogP contribution in [0, 0.1) is 0 Å². The summed E-state index contributed by atoms with van der Waals surface area (Å²) < 4.78 is 11.9. The maximum absolute atomic E-state index is 12.0. The average Bonchev–Trinajstić information content (AvgIpc) is 2.45. The minimum Gasteiger partial charge on any atom is -0.431 e. The van der Waals surface area contributed by atoms with Crippen LogP contribution >= 0.6 is 12.2 Å². The number of allylic oxidation sites excluding steroid dienone is 1. The van der Waals surface area contributed by atoms with E-state index in [9.17, 15) is 4.79 Å². The Balaban J connectivity index is 4.02. The van der Waals surface area contributed by atoms with E-state index in [4.69, 9.17) is 21.7 Å². The maximum Gasteiger partial charge on any atom is 0.308 e. The zero-order valence-corrected chi connectivity index (χ0v) is 19.9. The normalized spacial score (nSPS) is 11.8. The predicted octanol–water partition coefficient (Wildman–Crippen LogP) is 5.55. The predicted molar refractivity (Wildman–Crippen MR) is 121 cm³/mol. The van der Waals surface area contributed by atoms with E-state index < -0.39 is 0 Å². The topological polar surface area (TPSA) is 38.8 Å². The summed E-state index contributed by atoms with van der Waals surface area (Å²) in [5.41, 5.74) is 3.26. The summed E-state index contributed by atoms with van der Waals surface area (Å²) in [6, 6.07) is 1.96. The van der Waals surface area contributed by atoms with Crippen LogP contribution in [-0.4, -0.2) is 30.1 Å². The van der Waals surface area contributed by atoms with Crippen molar-refractivity contribution in [1.29, 1.82) is 0 Å². The highest BCUT2D eigenvalue weighted by Crippen LogP contribution is 2.46. The van der Waals surface area contributed by atoms with Gasteiger partial charge in [-0.2, -0.15) is 0 Å². The van der Waals surface area contributed by atoms with Crippen LogP contribution in [0.2, 0.25) is 0 Å². The maximum atomic E-state index is 12.0. The van der Waals surface area contributed by atoms with Gasteiger partial charge in [-0.05, 0) is 42.5 Å². The molecule has 1 aromatic carbocycles. The summed E-state index contributed by atoms with van der Waals surface area (Å²) in [5.74, 6) is 0.967. The van der Waals surface area contributed by atoms with Crippen LogP contribution < -0.4 is 9.47 Å². The molecule has 156 valence electrons. The Hall–Kier alpha value is -1.88. The number of nitrogens with zero attached hydrogens (tertiary/aromatic N) is 1. The third-order valence-electron chi connectivity index (χ3n) is 4.19. The van der Waals surface area contributed by atoms with Gasteiger partial charge in [-0.25, -0.2) is 0 Å². The first-order chi connectivity index (χ1) is 12.6. The van der Waals surface area contributed by atoms with Crippen LogP contribution in [0.4, 0.5) is 0 Å². The second-order valence-corrected chi connectivity index (χ2v) is 9.94. The van der Waals surface area contributed by atoms with Gasteiger partial charge in [0.1, 0.15) is 11.5 Å². The molecule has 0 aromatic heterocycles. The SMILES string of the molecule is C=C(C)Cc1c(OC(=S)N(C)C)cc(C(C)(C)C)c(OC(C)=O)c1C(C)(C)C. The molecule has 0 bridgehead atoms. The van der Waals surface area contributed by atoms with Gasteiger partial charge in [-0.3, -0.25) is 4.79 Å². The molecule has 0 radical (unpaired) electrons. The summed E-state index contributed by atoms with van der Waals surface area (Å²) in [6.45, 7) is 20.1. The van der Waals surface area contributed by atoms with Crippen molar-refractivity contribution in [2.75, 3.05) is 14.1 Å². The Morgan fingerprint density at radius 1 is 1.07 bits per heavy atom. The summed E-state index contributed by atoms with van der Waals surface area (Å²) >= 11 is 5.41. The minimum atomic E-state index is -0.338. The van der Waals surface area contributed by atoms with E-state index in [1.54, 1.807) is 4.90 Å². The molecule has 0 amide bonds. The minimum absolute atomic E-state index is 0.260. The molecule has 0 fully saturated rings. The fourth-order valence-electron chi connectivity index (χ4n) is 3.03. The molecular weight excluding hydrogens is 370 g/mol. The highest BCUT2D eigenvalue weighted by atomic mass is 32.1. The van der Waals surface area contributed by atoms with Crippen molar-refractivity contribution in [3.8, 4) is 11.5 Å². The molecule has 0 aliphatic heterocycles. The molecule has 4 nitrogen and oxygen atoms in total. The fourth-order valence-corrected chi connectivity index (χ4v) is 3.12. The Bertz CT molecular complexity index is 781. The van der Waals surface area contributed by atoms with Gasteiger partial charge in [0.15, 0.2) is 0 Å². The Kier molecular flexibility index (Phi) is 7.46. The van der Waals surface area contributed by atoms with E-state index in [1.165, 1.54) is 6.92 Å². The van der Waals surface area contributed by atoms with Gasteiger partial charge in [-0.1, -0.05) is 53.7 Å². The Morgan fingerprint density at radius 2 is 1.61 bits per heavy atom. The smallest absolute Gasteiger partial charge is 0.308 e. The lowest BCUT2D eigenvalue weighted by Crippen LogP contribution is -2.28. The second-order valence-electron chi connectivity index (χ2n) is 9.59. The Labute approximate surface area is 175 Å². The molecule has 5 heteroatoms. The molecule has 28 heavy (non-hydrogen) atoms. The molecule has 0 saturated heterocycles. The number of carbonyl (C=O) groups excluding carboxylic acids is 1. The van der Waals surface area contributed by atoms with Gasteiger partial charge in [0.25, 0.3) is 5.17 Å². The molecule has 0 saturated carbocycles. The Morgan fingerprint density at radius 3 is 1.96 bits per heavy atom. The number of benzene rings is 1. The van der Waals surface area contributed by atoms with Crippen LogP contribution in [-0.2, 0) is 22.0 Å². The van der Waals surface area contributed by atoms with E-state index >= 15 is 0 Å². The number of hydrogen-bond acceptors (Lipinski definition) is 4. The average molecular weight is 406 g/mol. The van der Waals surface area contributed by atoms with Crippen LogP contribution in [0.25, 0.3) is 0 Å². The zero-order chi connectivity index (χ0) is 22.0. The fraction of sp³-hybridized carbons (Fsp3) is 0.565. The number of thiocarbonyl (C=S) groups is 1. The molecule has 0 unspecified atom stereocenters. The van der Waals surface area contributed by atoms with Gasteiger partial charge < -0.3 is 14.4 Å². The lowest BCUT2D eigenvalue weighted by atomic mass is 9.76. The van der Waals surface area contributed by atoms with Gasteiger partial charge in [0.05, 0.1) is 0 Å². The van der Waals surface area contributed by atoms with Gasteiger partial charge in [0.2, 0.25) is 0 Å². The van der Waals surface area contributed by atoms with Crippen molar-refractivity contribution in [1.82, 2.24) is 4.90 Å². The molecule has 1 aromatic rings. The van der Waals surface area contributed by atoms with E-state index in [1.807, 2.05) is 27.1 Å². The number of carbonyl (C=O) groups is 1. The van der Waals surface area contributed by atoms with Crippen molar-refractivity contribution in [2.24, 2.45) is 0 Å². The van der Waals surface area contributed by atoms with Gasteiger partial charge in [0, 0.05) is 37.7 Å². The van der Waals surface area contributed by atoms with Gasteiger partial charge >= 0.3 is 5.97 Å². The third kappa shape index (κ3) is 6.06. The number of esters is 1.